The molecule has 0 bridgehead atoms. The van der Waals surface area contributed by atoms with Crippen molar-refractivity contribution in [3.8, 4) is 0 Å². The van der Waals surface area contributed by atoms with Crippen molar-refractivity contribution >= 4 is 11.9 Å². The molecule has 0 amide bonds. The normalized spacial score (nSPS) is 12.6. The molecular formula is C57H102O5. The smallest absolute Gasteiger partial charge is 0.306 e. The Labute approximate surface area is 385 Å². The maximum Gasteiger partial charge on any atom is 0.306 e. The van der Waals surface area contributed by atoms with Gasteiger partial charge in [0.2, 0.25) is 0 Å². The lowest BCUT2D eigenvalue weighted by Gasteiger charge is -2.18. The fourth-order valence-electron chi connectivity index (χ4n) is 7.56. The van der Waals surface area contributed by atoms with E-state index in [1.165, 1.54) is 161 Å². The molecule has 1 unspecified atom stereocenters. The van der Waals surface area contributed by atoms with Crippen LogP contribution in [0.1, 0.15) is 265 Å². The number of carbonyl (C=O) groups excluding carboxylic acids is 2. The van der Waals surface area contributed by atoms with Crippen molar-refractivity contribution in [2.24, 2.45) is 0 Å². The van der Waals surface area contributed by atoms with E-state index in [0.29, 0.717) is 19.4 Å². The summed E-state index contributed by atoms with van der Waals surface area (Å²) in [5, 5.41) is 0. The van der Waals surface area contributed by atoms with E-state index in [1.54, 1.807) is 0 Å². The van der Waals surface area contributed by atoms with Crippen molar-refractivity contribution in [1.82, 2.24) is 0 Å². The Hall–Kier alpha value is -2.40. The van der Waals surface area contributed by atoms with Crippen molar-refractivity contribution in [3.05, 3.63) is 60.8 Å². The molecule has 0 radical (unpaired) electrons. The van der Waals surface area contributed by atoms with Crippen LogP contribution in [0.15, 0.2) is 60.8 Å². The van der Waals surface area contributed by atoms with Crippen LogP contribution < -0.4 is 0 Å². The van der Waals surface area contributed by atoms with Gasteiger partial charge >= 0.3 is 11.9 Å². The Morgan fingerprint density at radius 3 is 1.21 bits per heavy atom. The first kappa shape index (κ1) is 59.6. The highest BCUT2D eigenvalue weighted by Crippen LogP contribution is 2.15. The van der Waals surface area contributed by atoms with Crippen LogP contribution in [0, 0.1) is 0 Å². The summed E-state index contributed by atoms with van der Waals surface area (Å²) in [6, 6.07) is 0. The van der Waals surface area contributed by atoms with Crippen LogP contribution in [0.25, 0.3) is 0 Å². The first-order valence-corrected chi connectivity index (χ1v) is 26.8. The summed E-state index contributed by atoms with van der Waals surface area (Å²) < 4.78 is 17.4. The zero-order valence-corrected chi connectivity index (χ0v) is 41.4. The van der Waals surface area contributed by atoms with Crippen LogP contribution in [0.5, 0.6) is 0 Å². The van der Waals surface area contributed by atoms with E-state index < -0.39 is 6.10 Å². The Kier molecular flexibility index (Phi) is 50.9. The topological polar surface area (TPSA) is 61.8 Å². The first-order chi connectivity index (χ1) is 30.6. The molecule has 62 heavy (non-hydrogen) atoms. The number of esters is 2. The van der Waals surface area contributed by atoms with E-state index in [9.17, 15) is 9.59 Å². The van der Waals surface area contributed by atoms with Crippen LogP contribution in [0.2, 0.25) is 0 Å². The van der Waals surface area contributed by atoms with Gasteiger partial charge in [-0.2, -0.15) is 0 Å². The molecule has 1 atom stereocenters. The molecule has 0 heterocycles. The van der Waals surface area contributed by atoms with E-state index in [4.69, 9.17) is 14.2 Å². The predicted octanol–water partition coefficient (Wildman–Crippen LogP) is 18.1. The van der Waals surface area contributed by atoms with Crippen LogP contribution in [0.4, 0.5) is 0 Å². The molecule has 0 aliphatic rings. The Bertz CT molecular complexity index is 1070. The number of ether oxygens (including phenoxy) is 3. The average molecular weight is 867 g/mol. The Morgan fingerprint density at radius 2 is 0.726 bits per heavy atom. The summed E-state index contributed by atoms with van der Waals surface area (Å²) >= 11 is 0. The lowest BCUT2D eigenvalue weighted by molar-refractivity contribution is -0.163. The van der Waals surface area contributed by atoms with Crippen molar-refractivity contribution in [3.63, 3.8) is 0 Å². The molecule has 0 fully saturated rings. The minimum atomic E-state index is -0.551. The summed E-state index contributed by atoms with van der Waals surface area (Å²) in [4.78, 5) is 25.4. The fourth-order valence-corrected chi connectivity index (χ4v) is 7.56. The van der Waals surface area contributed by atoms with Crippen molar-refractivity contribution in [2.75, 3.05) is 19.8 Å². The molecule has 0 aromatic carbocycles. The van der Waals surface area contributed by atoms with E-state index in [0.717, 1.165) is 70.6 Å². The lowest BCUT2D eigenvalue weighted by atomic mass is 10.1. The monoisotopic (exact) mass is 867 g/mol. The molecule has 0 saturated heterocycles. The van der Waals surface area contributed by atoms with Gasteiger partial charge in [-0.1, -0.05) is 229 Å². The predicted molar refractivity (Wildman–Crippen MR) is 270 cm³/mol. The van der Waals surface area contributed by atoms with E-state index >= 15 is 0 Å². The summed E-state index contributed by atoms with van der Waals surface area (Å²) in [5.74, 6) is -0.438. The van der Waals surface area contributed by atoms with Gasteiger partial charge in [-0.15, -0.1) is 0 Å². The summed E-state index contributed by atoms with van der Waals surface area (Å²) in [6.45, 7) is 7.69. The molecule has 0 N–H and O–H groups in total. The SMILES string of the molecule is CC/C=C\C/C=C\C/C=C\C/C=C\CCCCC(=O)OCC(COCCCCCCCCCCCC/C=C\CCCCCCCC)OC(=O)CCCCCCCCCCCCC. The summed E-state index contributed by atoms with van der Waals surface area (Å²) in [5.41, 5.74) is 0. The third-order valence-electron chi connectivity index (χ3n) is 11.5. The van der Waals surface area contributed by atoms with Gasteiger partial charge < -0.3 is 14.2 Å². The fraction of sp³-hybridized carbons (Fsp3) is 0.789. The van der Waals surface area contributed by atoms with Gasteiger partial charge in [-0.05, 0) is 83.5 Å². The van der Waals surface area contributed by atoms with Crippen LogP contribution >= 0.6 is 0 Å². The molecule has 0 aliphatic carbocycles. The molecule has 0 saturated carbocycles. The first-order valence-electron chi connectivity index (χ1n) is 26.8. The summed E-state index contributed by atoms with van der Waals surface area (Å²) in [7, 11) is 0. The van der Waals surface area contributed by atoms with Crippen molar-refractivity contribution < 1.29 is 23.8 Å². The van der Waals surface area contributed by atoms with Crippen LogP contribution in [-0.2, 0) is 23.8 Å². The summed E-state index contributed by atoms with van der Waals surface area (Å²) in [6.07, 6.45) is 66.7. The van der Waals surface area contributed by atoms with E-state index in [1.807, 2.05) is 0 Å². The molecule has 0 aromatic heterocycles. The highest BCUT2D eigenvalue weighted by Gasteiger charge is 2.17. The second-order valence-corrected chi connectivity index (χ2v) is 17.8. The number of rotatable bonds is 49. The Morgan fingerprint density at radius 1 is 0.371 bits per heavy atom. The van der Waals surface area contributed by atoms with Crippen LogP contribution in [0.3, 0.4) is 0 Å². The largest absolute Gasteiger partial charge is 0.462 e. The molecule has 0 rings (SSSR count). The highest BCUT2D eigenvalue weighted by molar-refractivity contribution is 5.70. The third-order valence-corrected chi connectivity index (χ3v) is 11.5. The van der Waals surface area contributed by atoms with Gasteiger partial charge in [0.1, 0.15) is 6.61 Å². The number of hydrogen-bond acceptors (Lipinski definition) is 5. The number of unbranched alkanes of at least 4 members (excludes halogenated alkanes) is 28. The van der Waals surface area contributed by atoms with Gasteiger partial charge in [0, 0.05) is 19.4 Å². The average Bonchev–Trinajstić information content (AvgIpc) is 3.27. The van der Waals surface area contributed by atoms with Gasteiger partial charge in [0.05, 0.1) is 6.61 Å². The van der Waals surface area contributed by atoms with E-state index in [-0.39, 0.29) is 25.2 Å². The minimum absolute atomic E-state index is 0.0651. The van der Waals surface area contributed by atoms with Gasteiger partial charge in [-0.25, -0.2) is 0 Å². The van der Waals surface area contributed by atoms with Crippen molar-refractivity contribution in [1.29, 1.82) is 0 Å². The standard InChI is InChI=1S/C57H102O5/c1-4-7-10-13-16-19-22-24-26-27-28-29-30-32-34-37-40-43-46-49-52-60-53-55(62-57(59)51-48-45-42-39-35-21-18-15-12-9-6-3)54-61-56(58)50-47-44-41-38-36-33-31-25-23-20-17-14-11-8-5-2/h8,11,17,20,24-26,31,36,38,55H,4-7,9-10,12-16,18-19,21-23,27-30,32-35,37,39-54H2,1-3H3/b11-8-,20-17-,26-24-,31-25-,38-36-. The van der Waals surface area contributed by atoms with Gasteiger partial charge in [0.15, 0.2) is 6.10 Å². The molecule has 0 aromatic rings. The molecule has 360 valence electrons. The molecule has 5 nitrogen and oxygen atoms in total. The van der Waals surface area contributed by atoms with Gasteiger partial charge in [0.25, 0.3) is 0 Å². The molecule has 0 spiro atoms. The third kappa shape index (κ3) is 50.2. The Balaban J connectivity index is 4.24. The van der Waals surface area contributed by atoms with E-state index in [2.05, 4.69) is 81.5 Å². The number of allylic oxidation sites excluding steroid dienone is 10. The maximum atomic E-state index is 12.8. The minimum Gasteiger partial charge on any atom is -0.462 e. The molecule has 5 heteroatoms. The zero-order valence-electron chi connectivity index (χ0n) is 41.4. The second-order valence-electron chi connectivity index (χ2n) is 17.8. The molecule has 0 aliphatic heterocycles. The quantitative estimate of drug-likeness (QED) is 0.0346. The van der Waals surface area contributed by atoms with Crippen LogP contribution in [-0.4, -0.2) is 37.9 Å². The second kappa shape index (κ2) is 52.9. The number of hydrogen-bond donors (Lipinski definition) is 0. The highest BCUT2D eigenvalue weighted by atomic mass is 16.6. The van der Waals surface area contributed by atoms with Gasteiger partial charge in [-0.3, -0.25) is 9.59 Å². The molecular weight excluding hydrogens is 765 g/mol. The zero-order chi connectivity index (χ0) is 44.9. The lowest BCUT2D eigenvalue weighted by Crippen LogP contribution is -2.30. The van der Waals surface area contributed by atoms with Crippen molar-refractivity contribution in [2.45, 2.75) is 271 Å². The number of carbonyl (C=O) groups is 2. The maximum absolute atomic E-state index is 12.8.